The van der Waals surface area contributed by atoms with E-state index in [9.17, 15) is 14.2 Å². The fourth-order valence-corrected chi connectivity index (χ4v) is 5.69. The van der Waals surface area contributed by atoms with Gasteiger partial charge in [-0.15, -0.1) is 0 Å². The molecular weight excluding hydrogens is 615 g/mol. The normalized spacial score (nSPS) is 12.7. The van der Waals surface area contributed by atoms with Crippen molar-refractivity contribution in [3.8, 4) is 0 Å². The summed E-state index contributed by atoms with van der Waals surface area (Å²) in [4.78, 5) is 42.7. The lowest BCUT2D eigenvalue weighted by molar-refractivity contribution is -0.161. The molecule has 0 radical (unpaired) electrons. The summed E-state index contributed by atoms with van der Waals surface area (Å²) in [5, 5.41) is 0. The van der Waals surface area contributed by atoms with Crippen LogP contribution in [0.1, 0.15) is 187 Å². The summed E-state index contributed by atoms with van der Waals surface area (Å²) in [6.07, 6.45) is 37.5. The molecule has 9 heteroatoms. The molecule has 0 aliphatic heterocycles. The van der Waals surface area contributed by atoms with Gasteiger partial charge in [0.05, 0.1) is 6.61 Å². The Balaban J connectivity index is 3.96. The largest absolute Gasteiger partial charge is 0.469 e. The van der Waals surface area contributed by atoms with Crippen LogP contribution >= 0.6 is 7.82 Å². The highest BCUT2D eigenvalue weighted by molar-refractivity contribution is 7.46. The average molecular weight is 687 g/mol. The van der Waals surface area contributed by atoms with Gasteiger partial charge in [-0.3, -0.25) is 14.1 Å². The molecule has 8 nitrogen and oxygen atoms in total. The Morgan fingerprint density at radius 1 is 0.553 bits per heavy atom. The second-order valence-electron chi connectivity index (χ2n) is 12.9. The van der Waals surface area contributed by atoms with Gasteiger partial charge in [0.15, 0.2) is 6.10 Å². The molecule has 0 aliphatic carbocycles. The summed E-state index contributed by atoms with van der Waals surface area (Å²) >= 11 is 0. The highest BCUT2D eigenvalue weighted by Gasteiger charge is 2.22. The molecular formula is C38H71O8P. The predicted octanol–water partition coefficient (Wildman–Crippen LogP) is 11.2. The van der Waals surface area contributed by atoms with E-state index in [0.29, 0.717) is 6.42 Å². The van der Waals surface area contributed by atoms with E-state index < -0.39 is 32.5 Å². The minimum Gasteiger partial charge on any atom is -0.462 e. The zero-order valence-corrected chi connectivity index (χ0v) is 31.1. The highest BCUT2D eigenvalue weighted by atomic mass is 31.2. The van der Waals surface area contributed by atoms with E-state index in [-0.39, 0.29) is 19.4 Å². The van der Waals surface area contributed by atoms with E-state index in [1.54, 1.807) is 0 Å². The molecule has 0 aromatic rings. The molecule has 0 saturated carbocycles. The van der Waals surface area contributed by atoms with Crippen molar-refractivity contribution in [2.75, 3.05) is 13.2 Å². The van der Waals surface area contributed by atoms with E-state index in [0.717, 1.165) is 64.2 Å². The number of hydrogen-bond donors (Lipinski definition) is 2. The summed E-state index contributed by atoms with van der Waals surface area (Å²) < 4.78 is 26.3. The molecule has 0 aliphatic rings. The molecule has 0 amide bonds. The van der Waals surface area contributed by atoms with Crippen LogP contribution in [0.4, 0.5) is 0 Å². The maximum Gasteiger partial charge on any atom is 0.469 e. The Hall–Kier alpha value is -1.47. The van der Waals surface area contributed by atoms with Gasteiger partial charge in [0.1, 0.15) is 6.61 Å². The molecule has 0 unspecified atom stereocenters. The lowest BCUT2D eigenvalue weighted by Crippen LogP contribution is -2.29. The number of esters is 2. The van der Waals surface area contributed by atoms with Crippen molar-refractivity contribution >= 4 is 19.8 Å². The Bertz CT molecular complexity index is 823. The Morgan fingerprint density at radius 3 is 1.47 bits per heavy atom. The lowest BCUT2D eigenvalue weighted by atomic mass is 10.0. The Morgan fingerprint density at radius 2 is 0.979 bits per heavy atom. The first-order valence-electron chi connectivity index (χ1n) is 19.1. The minimum absolute atomic E-state index is 0.198. The summed E-state index contributed by atoms with van der Waals surface area (Å²) in [6, 6.07) is 0. The number of unbranched alkanes of at least 4 members (excludes halogenated alkanes) is 21. The van der Waals surface area contributed by atoms with Crippen molar-refractivity contribution in [1.29, 1.82) is 0 Å². The van der Waals surface area contributed by atoms with Crippen LogP contribution in [0, 0.1) is 0 Å². The van der Waals surface area contributed by atoms with Gasteiger partial charge in [0.25, 0.3) is 0 Å². The van der Waals surface area contributed by atoms with E-state index in [4.69, 9.17) is 19.3 Å². The molecule has 0 aromatic heterocycles. The third-order valence-corrected chi connectivity index (χ3v) is 8.71. The van der Waals surface area contributed by atoms with Gasteiger partial charge in [0.2, 0.25) is 0 Å². The van der Waals surface area contributed by atoms with Gasteiger partial charge in [-0.1, -0.05) is 160 Å². The van der Waals surface area contributed by atoms with Crippen LogP contribution in [0.3, 0.4) is 0 Å². The maximum atomic E-state index is 12.3. The first kappa shape index (κ1) is 45.5. The number of ether oxygens (including phenoxy) is 2. The molecule has 276 valence electrons. The molecule has 0 fully saturated rings. The number of hydrogen-bond acceptors (Lipinski definition) is 6. The summed E-state index contributed by atoms with van der Waals surface area (Å²) in [5.41, 5.74) is 0. The van der Waals surface area contributed by atoms with Gasteiger partial charge in [-0.2, -0.15) is 0 Å². The summed E-state index contributed by atoms with van der Waals surface area (Å²) in [5.74, 6) is -0.895. The van der Waals surface area contributed by atoms with Gasteiger partial charge in [-0.25, -0.2) is 4.57 Å². The van der Waals surface area contributed by atoms with Crippen LogP contribution in [0.15, 0.2) is 24.3 Å². The zero-order valence-electron chi connectivity index (χ0n) is 30.2. The molecule has 47 heavy (non-hydrogen) atoms. The van der Waals surface area contributed by atoms with E-state index in [1.165, 1.54) is 89.9 Å². The topological polar surface area (TPSA) is 119 Å². The van der Waals surface area contributed by atoms with Crippen LogP contribution in [-0.2, 0) is 28.2 Å². The smallest absolute Gasteiger partial charge is 0.462 e. The van der Waals surface area contributed by atoms with Gasteiger partial charge >= 0.3 is 19.8 Å². The maximum absolute atomic E-state index is 12.3. The number of allylic oxidation sites excluding steroid dienone is 4. The lowest BCUT2D eigenvalue weighted by Gasteiger charge is -2.18. The van der Waals surface area contributed by atoms with Crippen molar-refractivity contribution in [2.45, 2.75) is 193 Å². The Labute approximate surface area is 288 Å². The summed E-state index contributed by atoms with van der Waals surface area (Å²) in [7, 11) is -4.75. The van der Waals surface area contributed by atoms with E-state index in [1.807, 2.05) is 0 Å². The standard InChI is InChI=1S/C38H71O8P/c1-3-5-7-9-11-13-15-17-19-21-22-24-26-28-30-32-37(39)44-34-36(35-45-47(41,42)43)46-38(40)33-31-29-27-25-23-20-18-16-14-12-10-8-6-4-2/h10,12,16,18,36H,3-9,11,13-15,17,19-35H2,1-2H3,(H2,41,42,43)/b12-10+,18-16+/t36-/m1/s1. The predicted molar refractivity (Wildman–Crippen MR) is 193 cm³/mol. The molecule has 0 bridgehead atoms. The number of phosphoric acid groups is 1. The van der Waals surface area contributed by atoms with E-state index >= 15 is 0 Å². The van der Waals surface area contributed by atoms with Crippen LogP contribution < -0.4 is 0 Å². The number of carbonyl (C=O) groups excluding carboxylic acids is 2. The third-order valence-electron chi connectivity index (χ3n) is 8.22. The first-order chi connectivity index (χ1) is 22.8. The van der Waals surface area contributed by atoms with Gasteiger partial charge < -0.3 is 19.3 Å². The SMILES string of the molecule is CCCC/C=C/C/C=C/CCCCCCCC(=O)O[C@H](COC(=O)CCCCCCCCCCCCCCCCC)COP(=O)(O)O. The molecule has 0 spiro atoms. The first-order valence-corrected chi connectivity index (χ1v) is 20.7. The van der Waals surface area contributed by atoms with Crippen molar-refractivity contribution in [2.24, 2.45) is 0 Å². The van der Waals surface area contributed by atoms with Gasteiger partial charge in [-0.05, 0) is 38.5 Å². The van der Waals surface area contributed by atoms with E-state index in [2.05, 4.69) is 42.7 Å². The average Bonchev–Trinajstić information content (AvgIpc) is 3.03. The van der Waals surface area contributed by atoms with Crippen LogP contribution in [-0.4, -0.2) is 41.0 Å². The highest BCUT2D eigenvalue weighted by Crippen LogP contribution is 2.36. The third kappa shape index (κ3) is 37.2. The fourth-order valence-electron chi connectivity index (χ4n) is 5.33. The van der Waals surface area contributed by atoms with Crippen molar-refractivity contribution < 1.29 is 37.9 Å². The molecule has 0 rings (SSSR count). The Kier molecular flexibility index (Phi) is 33.3. The number of phosphoric ester groups is 1. The van der Waals surface area contributed by atoms with Crippen molar-refractivity contribution in [3.05, 3.63) is 24.3 Å². The number of rotatable bonds is 35. The molecule has 0 heterocycles. The summed E-state index contributed by atoms with van der Waals surface area (Å²) in [6.45, 7) is 3.63. The van der Waals surface area contributed by atoms with Crippen molar-refractivity contribution in [3.63, 3.8) is 0 Å². The molecule has 1 atom stereocenters. The fraction of sp³-hybridized carbons (Fsp3) is 0.842. The monoisotopic (exact) mass is 686 g/mol. The zero-order chi connectivity index (χ0) is 34.7. The van der Waals surface area contributed by atoms with Gasteiger partial charge in [0, 0.05) is 12.8 Å². The second-order valence-corrected chi connectivity index (χ2v) is 14.1. The minimum atomic E-state index is -4.75. The van der Waals surface area contributed by atoms with Crippen molar-refractivity contribution in [1.82, 2.24) is 0 Å². The van der Waals surface area contributed by atoms with Crippen LogP contribution in [0.25, 0.3) is 0 Å². The second kappa shape index (κ2) is 34.4. The molecule has 2 N–H and O–H groups in total. The molecule has 0 saturated heterocycles. The molecule has 0 aromatic carbocycles. The number of carbonyl (C=O) groups is 2. The van der Waals surface area contributed by atoms with Crippen LogP contribution in [0.5, 0.6) is 0 Å². The quantitative estimate of drug-likeness (QED) is 0.0292. The van der Waals surface area contributed by atoms with Crippen LogP contribution in [0.2, 0.25) is 0 Å².